The fourth-order valence-electron chi connectivity index (χ4n) is 2.08. The number of halogens is 1. The summed E-state index contributed by atoms with van der Waals surface area (Å²) in [5, 5.41) is 13.3. The monoisotopic (exact) mass is 336 g/mol. The topological polar surface area (TPSA) is 55.1 Å². The molecule has 0 fully saturated rings. The summed E-state index contributed by atoms with van der Waals surface area (Å²) in [5.41, 5.74) is 5.22. The van der Waals surface area contributed by atoms with E-state index in [4.69, 9.17) is 5.11 Å². The molecule has 1 N–H and O–H groups in total. The molecule has 0 aliphatic rings. The van der Waals surface area contributed by atoms with Crippen LogP contribution < -0.4 is 0 Å². The van der Waals surface area contributed by atoms with Gasteiger partial charge in [0, 0.05) is 12.0 Å². The lowest BCUT2D eigenvalue weighted by atomic mass is 10.1. The Morgan fingerprint density at radius 3 is 2.60 bits per heavy atom. The lowest BCUT2D eigenvalue weighted by Gasteiger charge is -2.07. The van der Waals surface area contributed by atoms with Crippen LogP contribution in [0.2, 0.25) is 0 Å². The Kier molecular flexibility index (Phi) is 4.28. The van der Waals surface area contributed by atoms with Gasteiger partial charge in [-0.05, 0) is 66.4 Å². The summed E-state index contributed by atoms with van der Waals surface area (Å²) in [6, 6.07) is 6.15. The van der Waals surface area contributed by atoms with Crippen molar-refractivity contribution in [2.45, 2.75) is 33.6 Å². The SMILES string of the molecule is Cc1ccc(-n2nc(C)c(CCC(=O)O)c2Br)cc1C. The summed E-state index contributed by atoms with van der Waals surface area (Å²) < 4.78 is 2.65. The number of rotatable bonds is 4. The zero-order valence-electron chi connectivity index (χ0n) is 11.8. The van der Waals surface area contributed by atoms with Crippen LogP contribution in [0.5, 0.6) is 0 Å². The number of nitrogens with zero attached hydrogens (tertiary/aromatic N) is 2. The van der Waals surface area contributed by atoms with Crippen LogP contribution in [0.25, 0.3) is 5.69 Å². The van der Waals surface area contributed by atoms with E-state index in [0.29, 0.717) is 6.42 Å². The van der Waals surface area contributed by atoms with Crippen molar-refractivity contribution in [1.82, 2.24) is 9.78 Å². The van der Waals surface area contributed by atoms with E-state index in [-0.39, 0.29) is 6.42 Å². The van der Waals surface area contributed by atoms with Gasteiger partial charge in [0.25, 0.3) is 0 Å². The summed E-state index contributed by atoms with van der Waals surface area (Å²) in [6.07, 6.45) is 0.588. The van der Waals surface area contributed by atoms with E-state index in [9.17, 15) is 4.79 Å². The number of benzene rings is 1. The number of carboxylic acids is 1. The summed E-state index contributed by atoms with van der Waals surface area (Å²) in [7, 11) is 0. The van der Waals surface area contributed by atoms with Crippen molar-refractivity contribution < 1.29 is 9.90 Å². The minimum absolute atomic E-state index is 0.109. The highest BCUT2D eigenvalue weighted by Crippen LogP contribution is 2.26. The first-order valence-electron chi connectivity index (χ1n) is 6.43. The van der Waals surface area contributed by atoms with E-state index < -0.39 is 5.97 Å². The normalized spacial score (nSPS) is 10.8. The molecule has 0 aliphatic heterocycles. The van der Waals surface area contributed by atoms with Gasteiger partial charge >= 0.3 is 5.97 Å². The van der Waals surface area contributed by atoms with Crippen molar-refractivity contribution in [3.8, 4) is 5.69 Å². The van der Waals surface area contributed by atoms with E-state index in [2.05, 4.69) is 47.0 Å². The van der Waals surface area contributed by atoms with Crippen molar-refractivity contribution in [2.75, 3.05) is 0 Å². The molecule has 2 aromatic rings. The fourth-order valence-corrected chi connectivity index (χ4v) is 2.84. The first-order chi connectivity index (χ1) is 9.40. The number of hydrogen-bond donors (Lipinski definition) is 1. The molecule has 0 atom stereocenters. The Bertz CT molecular complexity index is 662. The van der Waals surface area contributed by atoms with Gasteiger partial charge in [-0.1, -0.05) is 6.07 Å². The maximum Gasteiger partial charge on any atom is 0.303 e. The molecule has 0 saturated heterocycles. The van der Waals surface area contributed by atoms with Crippen LogP contribution >= 0.6 is 15.9 Å². The average Bonchev–Trinajstić information content (AvgIpc) is 2.66. The molecule has 0 aliphatic carbocycles. The largest absolute Gasteiger partial charge is 0.481 e. The fraction of sp³-hybridized carbons (Fsp3) is 0.333. The molecule has 1 aromatic heterocycles. The lowest BCUT2D eigenvalue weighted by molar-refractivity contribution is -0.136. The molecule has 0 unspecified atom stereocenters. The zero-order valence-corrected chi connectivity index (χ0v) is 13.4. The zero-order chi connectivity index (χ0) is 14.9. The molecule has 0 radical (unpaired) electrons. The summed E-state index contributed by atoms with van der Waals surface area (Å²) >= 11 is 3.54. The third-order valence-corrected chi connectivity index (χ3v) is 4.26. The Labute approximate surface area is 126 Å². The lowest BCUT2D eigenvalue weighted by Crippen LogP contribution is -2.00. The molecular formula is C15H17BrN2O2. The predicted molar refractivity (Wildman–Crippen MR) is 81.4 cm³/mol. The minimum Gasteiger partial charge on any atom is -0.481 e. The highest BCUT2D eigenvalue weighted by atomic mass is 79.9. The molecule has 0 bridgehead atoms. The first-order valence-corrected chi connectivity index (χ1v) is 7.23. The second-order valence-electron chi connectivity index (χ2n) is 4.93. The number of aliphatic carboxylic acids is 1. The maximum atomic E-state index is 10.7. The average molecular weight is 337 g/mol. The Balaban J connectivity index is 2.40. The minimum atomic E-state index is -0.796. The number of carbonyl (C=O) groups is 1. The Morgan fingerprint density at radius 2 is 2.00 bits per heavy atom. The van der Waals surface area contributed by atoms with E-state index in [1.165, 1.54) is 11.1 Å². The van der Waals surface area contributed by atoms with Gasteiger partial charge in [-0.25, -0.2) is 4.68 Å². The number of carboxylic acid groups (broad SMARTS) is 1. The molecule has 20 heavy (non-hydrogen) atoms. The molecule has 0 spiro atoms. The van der Waals surface area contributed by atoms with Crippen LogP contribution in [0, 0.1) is 20.8 Å². The molecule has 0 saturated carbocycles. The van der Waals surface area contributed by atoms with Crippen molar-refractivity contribution in [1.29, 1.82) is 0 Å². The molecule has 5 heteroatoms. The van der Waals surface area contributed by atoms with Gasteiger partial charge < -0.3 is 5.11 Å². The maximum absolute atomic E-state index is 10.7. The summed E-state index contributed by atoms with van der Waals surface area (Å²) in [5.74, 6) is -0.796. The summed E-state index contributed by atoms with van der Waals surface area (Å²) in [4.78, 5) is 10.7. The van der Waals surface area contributed by atoms with Crippen molar-refractivity contribution in [3.05, 3.63) is 45.2 Å². The number of aryl methyl sites for hydroxylation is 3. The molecule has 1 aromatic carbocycles. The molecule has 0 amide bonds. The highest BCUT2D eigenvalue weighted by Gasteiger charge is 2.15. The van der Waals surface area contributed by atoms with Crippen LogP contribution in [0.3, 0.4) is 0 Å². The molecular weight excluding hydrogens is 320 g/mol. The van der Waals surface area contributed by atoms with E-state index in [1.807, 2.05) is 17.7 Å². The van der Waals surface area contributed by atoms with Crippen LogP contribution in [0.4, 0.5) is 0 Å². The van der Waals surface area contributed by atoms with Crippen LogP contribution in [-0.2, 0) is 11.2 Å². The van der Waals surface area contributed by atoms with Crippen molar-refractivity contribution in [3.63, 3.8) is 0 Å². The Morgan fingerprint density at radius 1 is 1.30 bits per heavy atom. The predicted octanol–water partition coefficient (Wildman–Crippen LogP) is 3.58. The van der Waals surface area contributed by atoms with E-state index in [1.54, 1.807) is 0 Å². The molecule has 106 valence electrons. The van der Waals surface area contributed by atoms with Crippen LogP contribution in [0.1, 0.15) is 28.8 Å². The van der Waals surface area contributed by atoms with Gasteiger partial charge in [-0.15, -0.1) is 0 Å². The van der Waals surface area contributed by atoms with Gasteiger partial charge in [-0.2, -0.15) is 5.10 Å². The van der Waals surface area contributed by atoms with Crippen molar-refractivity contribution in [2.24, 2.45) is 0 Å². The second-order valence-corrected chi connectivity index (χ2v) is 5.68. The van der Waals surface area contributed by atoms with Gasteiger partial charge in [0.1, 0.15) is 4.60 Å². The van der Waals surface area contributed by atoms with Crippen LogP contribution in [-0.4, -0.2) is 20.9 Å². The smallest absolute Gasteiger partial charge is 0.303 e. The van der Waals surface area contributed by atoms with Gasteiger partial charge in [-0.3, -0.25) is 4.79 Å². The number of aromatic nitrogens is 2. The third-order valence-electron chi connectivity index (χ3n) is 3.45. The molecule has 1 heterocycles. The van der Waals surface area contributed by atoms with Crippen LogP contribution in [0.15, 0.2) is 22.8 Å². The van der Waals surface area contributed by atoms with E-state index >= 15 is 0 Å². The van der Waals surface area contributed by atoms with Crippen molar-refractivity contribution >= 4 is 21.9 Å². The van der Waals surface area contributed by atoms with E-state index in [0.717, 1.165) is 21.5 Å². The quantitative estimate of drug-likeness (QED) is 0.928. The first kappa shape index (κ1) is 14.8. The molecule has 4 nitrogen and oxygen atoms in total. The number of hydrogen-bond acceptors (Lipinski definition) is 2. The standard InChI is InChI=1S/C15H17BrN2O2/c1-9-4-5-12(8-10(9)2)18-15(16)13(11(3)17-18)6-7-14(19)20/h4-5,8H,6-7H2,1-3H3,(H,19,20). The Hall–Kier alpha value is -1.62. The second kappa shape index (κ2) is 5.79. The van der Waals surface area contributed by atoms with Gasteiger partial charge in [0.05, 0.1) is 11.4 Å². The van der Waals surface area contributed by atoms with Gasteiger partial charge in [0.2, 0.25) is 0 Å². The summed E-state index contributed by atoms with van der Waals surface area (Å²) in [6.45, 7) is 6.04. The highest BCUT2D eigenvalue weighted by molar-refractivity contribution is 9.10. The molecule has 2 rings (SSSR count). The van der Waals surface area contributed by atoms with Gasteiger partial charge in [0.15, 0.2) is 0 Å². The third kappa shape index (κ3) is 2.93.